The SMILES string of the molecule is O=C(NC(=O)[C@H](Cc1ccccc1)c1ccccc1)[C@H](Cc1ccccc1)c1ccccc1. The Hall–Kier alpha value is -3.98. The van der Waals surface area contributed by atoms with Gasteiger partial charge in [0.1, 0.15) is 0 Å². The summed E-state index contributed by atoms with van der Waals surface area (Å²) in [6, 6.07) is 39.1. The van der Waals surface area contributed by atoms with Gasteiger partial charge in [-0.15, -0.1) is 0 Å². The van der Waals surface area contributed by atoms with E-state index in [1.165, 1.54) is 0 Å². The lowest BCUT2D eigenvalue weighted by Gasteiger charge is -2.21. The first kappa shape index (κ1) is 22.2. The van der Waals surface area contributed by atoms with E-state index in [0.717, 1.165) is 22.3 Å². The van der Waals surface area contributed by atoms with Crippen molar-refractivity contribution in [3.05, 3.63) is 144 Å². The molecule has 0 saturated heterocycles. The number of hydrogen-bond acceptors (Lipinski definition) is 2. The van der Waals surface area contributed by atoms with Gasteiger partial charge in [-0.3, -0.25) is 14.9 Å². The van der Waals surface area contributed by atoms with Crippen LogP contribution in [0.3, 0.4) is 0 Å². The van der Waals surface area contributed by atoms with Gasteiger partial charge in [0.25, 0.3) is 0 Å². The van der Waals surface area contributed by atoms with E-state index in [-0.39, 0.29) is 11.8 Å². The van der Waals surface area contributed by atoms with E-state index >= 15 is 0 Å². The molecule has 0 aromatic heterocycles. The lowest BCUT2D eigenvalue weighted by Crippen LogP contribution is -2.39. The number of benzene rings is 4. The number of amides is 2. The molecular formula is C30H27NO2. The molecule has 1 N–H and O–H groups in total. The molecule has 164 valence electrons. The Kier molecular flexibility index (Phi) is 7.44. The number of nitrogens with one attached hydrogen (secondary N) is 1. The van der Waals surface area contributed by atoms with Crippen molar-refractivity contribution in [1.82, 2.24) is 5.32 Å². The number of imide groups is 1. The second-order valence-electron chi connectivity index (χ2n) is 8.16. The van der Waals surface area contributed by atoms with Crippen molar-refractivity contribution in [3.63, 3.8) is 0 Å². The molecule has 0 unspecified atom stereocenters. The van der Waals surface area contributed by atoms with Crippen LogP contribution in [-0.2, 0) is 22.4 Å². The van der Waals surface area contributed by atoms with Gasteiger partial charge in [0, 0.05) is 0 Å². The van der Waals surface area contributed by atoms with Crippen molar-refractivity contribution < 1.29 is 9.59 Å². The molecule has 2 amide bonds. The Balaban J connectivity index is 1.57. The van der Waals surface area contributed by atoms with Gasteiger partial charge < -0.3 is 0 Å². The summed E-state index contributed by atoms with van der Waals surface area (Å²) in [4.78, 5) is 26.8. The van der Waals surface area contributed by atoms with Gasteiger partial charge in [0.05, 0.1) is 11.8 Å². The fourth-order valence-electron chi connectivity index (χ4n) is 4.09. The van der Waals surface area contributed by atoms with Crippen LogP contribution in [0.4, 0.5) is 0 Å². The van der Waals surface area contributed by atoms with E-state index in [1.807, 2.05) is 121 Å². The van der Waals surface area contributed by atoms with Crippen LogP contribution in [0.25, 0.3) is 0 Å². The summed E-state index contributed by atoms with van der Waals surface area (Å²) in [5.41, 5.74) is 3.90. The maximum Gasteiger partial charge on any atom is 0.234 e. The lowest BCUT2D eigenvalue weighted by molar-refractivity contribution is -0.132. The molecule has 0 heterocycles. The first-order valence-corrected chi connectivity index (χ1v) is 11.2. The molecule has 0 fully saturated rings. The first-order valence-electron chi connectivity index (χ1n) is 11.2. The minimum Gasteiger partial charge on any atom is -0.295 e. The van der Waals surface area contributed by atoms with Crippen molar-refractivity contribution in [1.29, 1.82) is 0 Å². The molecule has 0 saturated carbocycles. The Morgan fingerprint density at radius 1 is 0.485 bits per heavy atom. The molecule has 4 aromatic rings. The average Bonchev–Trinajstić information content (AvgIpc) is 2.88. The highest BCUT2D eigenvalue weighted by Crippen LogP contribution is 2.24. The average molecular weight is 434 g/mol. The lowest BCUT2D eigenvalue weighted by atomic mass is 9.89. The number of carbonyl (C=O) groups is 2. The molecule has 3 heteroatoms. The van der Waals surface area contributed by atoms with Crippen LogP contribution in [-0.4, -0.2) is 11.8 Å². The van der Waals surface area contributed by atoms with Gasteiger partial charge in [-0.2, -0.15) is 0 Å². The van der Waals surface area contributed by atoms with Gasteiger partial charge in [0.2, 0.25) is 11.8 Å². The van der Waals surface area contributed by atoms with E-state index in [2.05, 4.69) is 5.32 Å². The largest absolute Gasteiger partial charge is 0.295 e. The zero-order valence-electron chi connectivity index (χ0n) is 18.4. The molecule has 4 rings (SSSR count). The van der Waals surface area contributed by atoms with Crippen molar-refractivity contribution in [3.8, 4) is 0 Å². The number of carbonyl (C=O) groups excluding carboxylic acids is 2. The highest BCUT2D eigenvalue weighted by molar-refractivity contribution is 6.01. The monoisotopic (exact) mass is 433 g/mol. The van der Waals surface area contributed by atoms with Gasteiger partial charge in [-0.1, -0.05) is 121 Å². The highest BCUT2D eigenvalue weighted by Gasteiger charge is 2.27. The van der Waals surface area contributed by atoms with Crippen LogP contribution in [0.15, 0.2) is 121 Å². The van der Waals surface area contributed by atoms with Crippen LogP contribution >= 0.6 is 0 Å². The minimum absolute atomic E-state index is 0.274. The van der Waals surface area contributed by atoms with E-state index in [4.69, 9.17) is 0 Å². The summed E-state index contributed by atoms with van der Waals surface area (Å²) in [6.07, 6.45) is 1.05. The normalized spacial score (nSPS) is 12.5. The fraction of sp³-hybridized carbons (Fsp3) is 0.133. The van der Waals surface area contributed by atoms with Crippen molar-refractivity contribution in [2.45, 2.75) is 24.7 Å². The Labute approximate surface area is 195 Å². The summed E-state index contributed by atoms with van der Waals surface area (Å²) in [6.45, 7) is 0. The molecule has 0 bridgehead atoms. The molecule has 2 atom stereocenters. The molecule has 0 radical (unpaired) electrons. The predicted octanol–water partition coefficient (Wildman–Crippen LogP) is 5.68. The highest BCUT2D eigenvalue weighted by atomic mass is 16.2. The predicted molar refractivity (Wildman–Crippen MR) is 132 cm³/mol. The fourth-order valence-corrected chi connectivity index (χ4v) is 4.09. The molecule has 0 aliphatic rings. The second kappa shape index (κ2) is 11.1. The molecule has 4 aromatic carbocycles. The zero-order valence-corrected chi connectivity index (χ0v) is 18.4. The molecule has 0 spiro atoms. The smallest absolute Gasteiger partial charge is 0.234 e. The Morgan fingerprint density at radius 2 is 0.788 bits per heavy atom. The summed E-state index contributed by atoms with van der Waals surface area (Å²) >= 11 is 0. The first-order chi connectivity index (χ1) is 16.2. The summed E-state index contributed by atoms with van der Waals surface area (Å²) < 4.78 is 0. The van der Waals surface area contributed by atoms with Crippen LogP contribution in [0.5, 0.6) is 0 Å². The van der Waals surface area contributed by atoms with E-state index in [1.54, 1.807) is 0 Å². The minimum atomic E-state index is -0.453. The van der Waals surface area contributed by atoms with Crippen molar-refractivity contribution >= 4 is 11.8 Å². The molecule has 3 nitrogen and oxygen atoms in total. The van der Waals surface area contributed by atoms with Crippen molar-refractivity contribution in [2.24, 2.45) is 0 Å². The molecule has 33 heavy (non-hydrogen) atoms. The van der Waals surface area contributed by atoms with E-state index in [9.17, 15) is 9.59 Å². The second-order valence-corrected chi connectivity index (χ2v) is 8.16. The van der Waals surface area contributed by atoms with Gasteiger partial charge in [-0.25, -0.2) is 0 Å². The summed E-state index contributed by atoms with van der Waals surface area (Å²) in [5.74, 6) is -1.45. The number of rotatable bonds is 8. The molecular weight excluding hydrogens is 406 g/mol. The topological polar surface area (TPSA) is 46.2 Å². The van der Waals surface area contributed by atoms with Crippen LogP contribution in [0.2, 0.25) is 0 Å². The maximum absolute atomic E-state index is 13.4. The van der Waals surface area contributed by atoms with Crippen LogP contribution < -0.4 is 5.32 Å². The molecule has 0 aliphatic heterocycles. The van der Waals surface area contributed by atoms with E-state index < -0.39 is 11.8 Å². The Morgan fingerprint density at radius 3 is 1.12 bits per heavy atom. The van der Waals surface area contributed by atoms with Gasteiger partial charge in [0.15, 0.2) is 0 Å². The zero-order chi connectivity index (χ0) is 22.9. The molecule has 0 aliphatic carbocycles. The van der Waals surface area contributed by atoms with E-state index in [0.29, 0.717) is 12.8 Å². The Bertz CT molecular complexity index is 1060. The van der Waals surface area contributed by atoms with Crippen LogP contribution in [0, 0.1) is 0 Å². The van der Waals surface area contributed by atoms with Crippen molar-refractivity contribution in [2.75, 3.05) is 0 Å². The maximum atomic E-state index is 13.4. The standard InChI is InChI=1S/C30H27NO2/c32-29(27(25-17-9-3-10-18-25)21-23-13-5-1-6-14-23)31-30(33)28(26-19-11-4-12-20-26)22-24-15-7-2-8-16-24/h1-20,27-28H,21-22H2,(H,31,32,33)/t27-,28-/m1/s1. The van der Waals surface area contributed by atoms with Gasteiger partial charge >= 0.3 is 0 Å². The summed E-state index contributed by atoms with van der Waals surface area (Å²) in [5, 5.41) is 2.74. The summed E-state index contributed by atoms with van der Waals surface area (Å²) in [7, 11) is 0. The van der Waals surface area contributed by atoms with Gasteiger partial charge in [-0.05, 0) is 35.1 Å². The van der Waals surface area contributed by atoms with Crippen LogP contribution in [0.1, 0.15) is 34.1 Å². The third-order valence-electron chi connectivity index (χ3n) is 5.85. The third kappa shape index (κ3) is 6.05. The third-order valence-corrected chi connectivity index (χ3v) is 5.85. The quantitative estimate of drug-likeness (QED) is 0.388. The number of hydrogen-bond donors (Lipinski definition) is 1.